The van der Waals surface area contributed by atoms with Crippen molar-refractivity contribution in [2.24, 2.45) is 0 Å². The second kappa shape index (κ2) is 15.5. The van der Waals surface area contributed by atoms with E-state index in [0.29, 0.717) is 0 Å². The highest BCUT2D eigenvalue weighted by Gasteiger charge is 2.56. The monoisotopic (exact) mass is 931 g/mol. The van der Waals surface area contributed by atoms with Gasteiger partial charge in [-0.2, -0.15) is 0 Å². The predicted octanol–water partition coefficient (Wildman–Crippen LogP) is 18.1. The van der Waals surface area contributed by atoms with Crippen LogP contribution in [0, 0.1) is 0 Å². The van der Waals surface area contributed by atoms with Crippen LogP contribution in [0.15, 0.2) is 265 Å². The summed E-state index contributed by atoms with van der Waals surface area (Å²) in [7, 11) is 0. The number of anilines is 3. The molecule has 0 aliphatic heterocycles. The molecule has 3 aliphatic rings. The fraction of sp³-hybridized carbons (Fsp3) is 0.0704. The molecule has 12 aromatic rings. The minimum absolute atomic E-state index is 0.174. The maximum absolute atomic E-state index is 6.37. The van der Waals surface area contributed by atoms with Gasteiger partial charge in [-0.1, -0.05) is 226 Å². The van der Waals surface area contributed by atoms with E-state index in [1.165, 1.54) is 77.9 Å². The van der Waals surface area contributed by atoms with Gasteiger partial charge in [0.2, 0.25) is 0 Å². The predicted molar refractivity (Wildman–Crippen MR) is 301 cm³/mol. The lowest BCUT2D eigenvalue weighted by Gasteiger charge is -2.50. The number of para-hydroxylation sites is 1. The minimum Gasteiger partial charge on any atom is -0.456 e. The molecule has 2 heteroatoms. The van der Waals surface area contributed by atoms with Gasteiger partial charge in [-0.3, -0.25) is 0 Å². The first-order valence-corrected chi connectivity index (χ1v) is 25.6. The molecular formula is C71H49NO. The van der Waals surface area contributed by atoms with Crippen LogP contribution in [0.2, 0.25) is 0 Å². The molecule has 1 aromatic heterocycles. The van der Waals surface area contributed by atoms with Gasteiger partial charge in [0, 0.05) is 33.2 Å². The standard InChI is InChI=1S/C71H49NO/c1-69(2)58-28-12-9-24-53(58)55-42-40-50(44-64(55)69)72(49-38-36-46(37-39-49)52-27-19-35-67-68(52)57-26-11-18-34-66(57)73-67)51-41-43-56-54-25-10-13-29-59(54)71(65(56)45-51)62-32-16-14-30-60(62)70(47-20-5-3-6-21-47,48-22-7-4-8-23-48)61-31-15-17-33-63(61)71/h3-45H,1-2H3. The van der Waals surface area contributed by atoms with Crippen molar-refractivity contribution in [3.63, 3.8) is 0 Å². The summed E-state index contributed by atoms with van der Waals surface area (Å²) in [5.74, 6) is 0. The van der Waals surface area contributed by atoms with Crippen molar-refractivity contribution >= 4 is 39.0 Å². The van der Waals surface area contributed by atoms with Crippen LogP contribution in [0.3, 0.4) is 0 Å². The van der Waals surface area contributed by atoms with Gasteiger partial charge in [0.05, 0.1) is 10.8 Å². The summed E-state index contributed by atoms with van der Waals surface area (Å²) in [5.41, 5.74) is 24.2. The van der Waals surface area contributed by atoms with Crippen molar-refractivity contribution < 1.29 is 4.42 Å². The Morgan fingerprint density at radius 1 is 0.301 bits per heavy atom. The van der Waals surface area contributed by atoms with Gasteiger partial charge in [0.25, 0.3) is 0 Å². The average molecular weight is 932 g/mol. The highest BCUT2D eigenvalue weighted by molar-refractivity contribution is 6.12. The maximum Gasteiger partial charge on any atom is 0.136 e. The summed E-state index contributed by atoms with van der Waals surface area (Å²) >= 11 is 0. The van der Waals surface area contributed by atoms with Gasteiger partial charge in [0.15, 0.2) is 0 Å². The molecule has 15 rings (SSSR count). The third-order valence-corrected chi connectivity index (χ3v) is 16.8. The number of fused-ring (bicyclic) bond motifs is 15. The van der Waals surface area contributed by atoms with Crippen LogP contribution in [-0.2, 0) is 16.2 Å². The third-order valence-electron chi connectivity index (χ3n) is 16.8. The normalized spacial score (nSPS) is 14.8. The molecule has 0 radical (unpaired) electrons. The second-order valence-corrected chi connectivity index (χ2v) is 20.7. The van der Waals surface area contributed by atoms with Gasteiger partial charge in [-0.25, -0.2) is 0 Å². The smallest absolute Gasteiger partial charge is 0.136 e. The van der Waals surface area contributed by atoms with Gasteiger partial charge < -0.3 is 9.32 Å². The van der Waals surface area contributed by atoms with Crippen molar-refractivity contribution in [2.45, 2.75) is 30.1 Å². The van der Waals surface area contributed by atoms with E-state index in [2.05, 4.69) is 274 Å². The molecule has 0 N–H and O–H groups in total. The Hall–Kier alpha value is -8.98. The first-order valence-electron chi connectivity index (χ1n) is 25.6. The Labute approximate surface area is 426 Å². The van der Waals surface area contributed by atoms with E-state index in [0.717, 1.165) is 50.1 Å². The molecular weight excluding hydrogens is 883 g/mol. The fourth-order valence-corrected chi connectivity index (χ4v) is 13.8. The number of nitrogens with zero attached hydrogens (tertiary/aromatic N) is 1. The average Bonchev–Trinajstić information content (AvgIpc) is 4.06. The summed E-state index contributed by atoms with van der Waals surface area (Å²) in [4.78, 5) is 2.49. The molecule has 0 saturated heterocycles. The number of furan rings is 1. The lowest BCUT2D eigenvalue weighted by molar-refractivity contribution is 0.623. The molecule has 1 heterocycles. The number of benzene rings is 11. The zero-order valence-electron chi connectivity index (χ0n) is 40.7. The number of hydrogen-bond donors (Lipinski definition) is 0. The molecule has 11 aromatic carbocycles. The maximum atomic E-state index is 6.37. The molecule has 73 heavy (non-hydrogen) atoms. The van der Waals surface area contributed by atoms with E-state index in [-0.39, 0.29) is 5.41 Å². The second-order valence-electron chi connectivity index (χ2n) is 20.7. The SMILES string of the molecule is CC1(C)c2ccccc2-c2ccc(N(c3ccc(-c4cccc5oc6ccccc6c45)cc3)c3ccc4c(c3)C3(c5ccccc5-4)c4ccccc4C(c4ccccc4)(c4ccccc4)c4ccccc43)cc21. The van der Waals surface area contributed by atoms with Crippen molar-refractivity contribution in [1.29, 1.82) is 0 Å². The first kappa shape index (κ1) is 41.8. The zero-order chi connectivity index (χ0) is 48.5. The van der Waals surface area contributed by atoms with E-state index in [1.54, 1.807) is 0 Å². The highest BCUT2D eigenvalue weighted by atomic mass is 16.3. The largest absolute Gasteiger partial charge is 0.456 e. The van der Waals surface area contributed by atoms with E-state index in [1.807, 2.05) is 6.07 Å². The van der Waals surface area contributed by atoms with Crippen LogP contribution in [0.5, 0.6) is 0 Å². The van der Waals surface area contributed by atoms with Crippen LogP contribution in [-0.4, -0.2) is 0 Å². The molecule has 0 saturated carbocycles. The molecule has 0 fully saturated rings. The highest BCUT2D eigenvalue weighted by Crippen LogP contribution is 2.65. The molecule has 0 amide bonds. The lowest BCUT2D eigenvalue weighted by atomic mass is 9.51. The van der Waals surface area contributed by atoms with Crippen LogP contribution in [0.1, 0.15) is 69.5 Å². The van der Waals surface area contributed by atoms with Gasteiger partial charge in [0.1, 0.15) is 11.2 Å². The lowest BCUT2D eigenvalue weighted by Crippen LogP contribution is -2.44. The number of hydrogen-bond acceptors (Lipinski definition) is 2. The number of rotatable bonds is 6. The summed E-state index contributed by atoms with van der Waals surface area (Å²) in [5, 5.41) is 2.27. The van der Waals surface area contributed by atoms with E-state index in [9.17, 15) is 0 Å². The molecule has 1 spiro atoms. The molecule has 0 unspecified atom stereocenters. The van der Waals surface area contributed by atoms with Crippen LogP contribution in [0.25, 0.3) is 55.3 Å². The van der Waals surface area contributed by atoms with Gasteiger partial charge >= 0.3 is 0 Å². The molecule has 3 aliphatic carbocycles. The summed E-state index contributed by atoms with van der Waals surface area (Å²) in [6.07, 6.45) is 0. The van der Waals surface area contributed by atoms with E-state index in [4.69, 9.17) is 4.42 Å². The van der Waals surface area contributed by atoms with Crippen LogP contribution in [0.4, 0.5) is 17.1 Å². The minimum atomic E-state index is -0.634. The van der Waals surface area contributed by atoms with Crippen LogP contribution >= 0.6 is 0 Å². The van der Waals surface area contributed by atoms with E-state index < -0.39 is 10.8 Å². The Morgan fingerprint density at radius 3 is 1.37 bits per heavy atom. The summed E-state index contributed by atoms with van der Waals surface area (Å²) in [6, 6.07) is 97.5. The zero-order valence-corrected chi connectivity index (χ0v) is 40.7. The summed E-state index contributed by atoms with van der Waals surface area (Å²) < 4.78 is 6.37. The first-order chi connectivity index (χ1) is 36.0. The summed E-state index contributed by atoms with van der Waals surface area (Å²) in [6.45, 7) is 4.75. The third kappa shape index (κ3) is 5.64. The molecule has 0 atom stereocenters. The molecule has 2 nitrogen and oxygen atoms in total. The fourth-order valence-electron chi connectivity index (χ4n) is 13.8. The Morgan fingerprint density at radius 2 is 0.740 bits per heavy atom. The van der Waals surface area contributed by atoms with Gasteiger partial charge in [-0.05, 0) is 138 Å². The van der Waals surface area contributed by atoms with Crippen molar-refractivity contribution in [1.82, 2.24) is 0 Å². The molecule has 0 bridgehead atoms. The van der Waals surface area contributed by atoms with Crippen molar-refractivity contribution in [3.8, 4) is 33.4 Å². The quantitative estimate of drug-likeness (QED) is 0.165. The topological polar surface area (TPSA) is 16.4 Å². The van der Waals surface area contributed by atoms with E-state index >= 15 is 0 Å². The Balaban J connectivity index is 0.981. The van der Waals surface area contributed by atoms with Crippen LogP contribution < -0.4 is 4.90 Å². The van der Waals surface area contributed by atoms with Gasteiger partial charge in [-0.15, -0.1) is 0 Å². The van der Waals surface area contributed by atoms with Crippen molar-refractivity contribution in [2.75, 3.05) is 4.90 Å². The molecule has 344 valence electrons. The Kier molecular flexibility index (Phi) is 8.87. The van der Waals surface area contributed by atoms with Crippen molar-refractivity contribution in [3.05, 3.63) is 316 Å². The Bertz CT molecular complexity index is 4090.